The van der Waals surface area contributed by atoms with Crippen LogP contribution in [0.15, 0.2) is 72.9 Å². The molecule has 168 valence electrons. The third-order valence-electron chi connectivity index (χ3n) is 6.26. The quantitative estimate of drug-likeness (QED) is 0.441. The van der Waals surface area contributed by atoms with Crippen molar-refractivity contribution in [3.8, 4) is 17.0 Å². The van der Waals surface area contributed by atoms with E-state index >= 15 is 0 Å². The SMILES string of the molecule is COc1cccc(-c2nc([C@@H]3CCCN(C(=O)Nc4cccc(C)c4)C3)n3ccccc23)c1. The summed E-state index contributed by atoms with van der Waals surface area (Å²) in [5.41, 5.74) is 4.97. The molecule has 0 spiro atoms. The van der Waals surface area contributed by atoms with E-state index in [2.05, 4.69) is 28.0 Å². The zero-order valence-corrected chi connectivity index (χ0v) is 19.0. The molecule has 1 aliphatic rings. The Morgan fingerprint density at radius 2 is 1.97 bits per heavy atom. The lowest BCUT2D eigenvalue weighted by molar-refractivity contribution is 0.191. The molecule has 0 aliphatic carbocycles. The van der Waals surface area contributed by atoms with E-state index in [4.69, 9.17) is 9.72 Å². The first kappa shape index (κ1) is 21.1. The Hall–Kier alpha value is -3.80. The van der Waals surface area contributed by atoms with E-state index in [1.165, 1.54) is 0 Å². The number of nitrogens with zero attached hydrogens (tertiary/aromatic N) is 3. The zero-order valence-electron chi connectivity index (χ0n) is 19.0. The van der Waals surface area contributed by atoms with Crippen LogP contribution in [0.5, 0.6) is 5.75 Å². The third-order valence-corrected chi connectivity index (χ3v) is 6.26. The highest BCUT2D eigenvalue weighted by molar-refractivity contribution is 5.89. The number of piperidine rings is 1. The number of fused-ring (bicyclic) bond motifs is 1. The topological polar surface area (TPSA) is 58.9 Å². The van der Waals surface area contributed by atoms with E-state index < -0.39 is 0 Å². The molecule has 1 saturated heterocycles. The van der Waals surface area contributed by atoms with Gasteiger partial charge in [-0.2, -0.15) is 0 Å². The number of anilines is 1. The number of urea groups is 1. The summed E-state index contributed by atoms with van der Waals surface area (Å²) < 4.78 is 7.59. The van der Waals surface area contributed by atoms with E-state index in [1.807, 2.05) is 66.4 Å². The molecular formula is C27H28N4O2. The Bertz CT molecular complexity index is 1300. The van der Waals surface area contributed by atoms with Gasteiger partial charge in [0, 0.05) is 36.5 Å². The molecule has 2 amide bonds. The Balaban J connectivity index is 1.43. The monoisotopic (exact) mass is 440 g/mol. The molecule has 4 aromatic rings. The Labute approximate surface area is 193 Å². The maximum Gasteiger partial charge on any atom is 0.321 e. The number of hydrogen-bond donors (Lipinski definition) is 1. The van der Waals surface area contributed by atoms with Crippen LogP contribution in [-0.2, 0) is 0 Å². The molecule has 0 unspecified atom stereocenters. The summed E-state index contributed by atoms with van der Waals surface area (Å²) in [5.74, 6) is 1.97. The van der Waals surface area contributed by atoms with Gasteiger partial charge in [0.05, 0.1) is 18.3 Å². The average molecular weight is 441 g/mol. The number of nitrogens with one attached hydrogen (secondary N) is 1. The smallest absolute Gasteiger partial charge is 0.321 e. The number of benzene rings is 2. The molecule has 0 bridgehead atoms. The number of aryl methyl sites for hydroxylation is 1. The van der Waals surface area contributed by atoms with Gasteiger partial charge in [-0.15, -0.1) is 0 Å². The lowest BCUT2D eigenvalue weighted by Crippen LogP contribution is -2.42. The van der Waals surface area contributed by atoms with Crippen LogP contribution >= 0.6 is 0 Å². The molecule has 1 fully saturated rings. The van der Waals surface area contributed by atoms with Gasteiger partial charge < -0.3 is 19.4 Å². The molecular weight excluding hydrogens is 412 g/mol. The molecule has 3 heterocycles. The highest BCUT2D eigenvalue weighted by Crippen LogP contribution is 2.33. The van der Waals surface area contributed by atoms with Crippen LogP contribution in [0.3, 0.4) is 0 Å². The van der Waals surface area contributed by atoms with E-state index in [-0.39, 0.29) is 11.9 Å². The Kier molecular flexibility index (Phi) is 5.73. The standard InChI is InChI=1S/C27H28N4O2/c1-19-8-5-11-22(16-19)28-27(32)30-14-7-10-21(18-30)26-29-25(24-13-3-4-15-31(24)26)20-9-6-12-23(17-20)33-2/h3-6,8-9,11-13,15-17,21H,7,10,14,18H2,1-2H3,(H,28,32)/t21-/m1/s1. The zero-order chi connectivity index (χ0) is 22.8. The summed E-state index contributed by atoms with van der Waals surface area (Å²) in [7, 11) is 1.67. The predicted octanol–water partition coefficient (Wildman–Crippen LogP) is 5.73. The van der Waals surface area contributed by atoms with E-state index in [0.29, 0.717) is 6.54 Å². The van der Waals surface area contributed by atoms with Gasteiger partial charge in [-0.1, -0.05) is 30.3 Å². The van der Waals surface area contributed by atoms with Crippen molar-refractivity contribution in [3.63, 3.8) is 0 Å². The second-order valence-corrected chi connectivity index (χ2v) is 8.59. The van der Waals surface area contributed by atoms with Gasteiger partial charge in [-0.3, -0.25) is 0 Å². The second kappa shape index (κ2) is 8.98. The van der Waals surface area contributed by atoms with Crippen LogP contribution in [0.1, 0.15) is 30.1 Å². The lowest BCUT2D eigenvalue weighted by atomic mass is 9.97. The molecule has 1 N–H and O–H groups in total. The largest absolute Gasteiger partial charge is 0.497 e. The molecule has 0 saturated carbocycles. The first-order valence-electron chi connectivity index (χ1n) is 11.4. The van der Waals surface area contributed by atoms with Crippen LogP contribution < -0.4 is 10.1 Å². The summed E-state index contributed by atoms with van der Waals surface area (Å²) in [5, 5.41) is 3.05. The molecule has 1 atom stereocenters. The van der Waals surface area contributed by atoms with Gasteiger partial charge in [-0.05, 0) is 61.7 Å². The maximum absolute atomic E-state index is 13.0. The minimum absolute atomic E-state index is 0.0563. The number of imidazole rings is 1. The van der Waals surface area contributed by atoms with Gasteiger partial charge in [-0.25, -0.2) is 9.78 Å². The van der Waals surface area contributed by atoms with Crippen LogP contribution in [0.25, 0.3) is 16.8 Å². The van der Waals surface area contributed by atoms with Crippen molar-refractivity contribution < 1.29 is 9.53 Å². The van der Waals surface area contributed by atoms with Crippen LogP contribution in [0.4, 0.5) is 10.5 Å². The van der Waals surface area contributed by atoms with Crippen molar-refractivity contribution in [2.75, 3.05) is 25.5 Å². The highest BCUT2D eigenvalue weighted by atomic mass is 16.5. The average Bonchev–Trinajstić information content (AvgIpc) is 3.24. The van der Waals surface area contributed by atoms with Crippen molar-refractivity contribution >= 4 is 17.2 Å². The number of hydrogen-bond acceptors (Lipinski definition) is 3. The summed E-state index contributed by atoms with van der Waals surface area (Å²) >= 11 is 0. The highest BCUT2D eigenvalue weighted by Gasteiger charge is 2.28. The summed E-state index contributed by atoms with van der Waals surface area (Å²) in [6, 6.07) is 22.0. The van der Waals surface area contributed by atoms with Crippen molar-refractivity contribution in [2.45, 2.75) is 25.7 Å². The van der Waals surface area contributed by atoms with E-state index in [1.54, 1.807) is 7.11 Å². The maximum atomic E-state index is 13.0. The van der Waals surface area contributed by atoms with Crippen molar-refractivity contribution in [2.24, 2.45) is 0 Å². The number of likely N-dealkylation sites (tertiary alicyclic amines) is 1. The number of pyridine rings is 1. The number of aromatic nitrogens is 2. The normalized spacial score (nSPS) is 16.1. The van der Waals surface area contributed by atoms with Crippen molar-refractivity contribution in [1.29, 1.82) is 0 Å². The minimum Gasteiger partial charge on any atom is -0.497 e. The van der Waals surface area contributed by atoms with Crippen molar-refractivity contribution in [1.82, 2.24) is 14.3 Å². The lowest BCUT2D eigenvalue weighted by Gasteiger charge is -2.32. The van der Waals surface area contributed by atoms with Crippen LogP contribution in [0.2, 0.25) is 0 Å². The molecule has 2 aromatic heterocycles. The van der Waals surface area contributed by atoms with E-state index in [0.717, 1.165) is 59.0 Å². The fourth-order valence-electron chi connectivity index (χ4n) is 4.63. The summed E-state index contributed by atoms with van der Waals surface area (Å²) in [6.45, 7) is 3.42. The number of rotatable bonds is 4. The first-order valence-corrected chi connectivity index (χ1v) is 11.4. The molecule has 5 rings (SSSR count). The fourth-order valence-corrected chi connectivity index (χ4v) is 4.63. The van der Waals surface area contributed by atoms with Crippen LogP contribution in [-0.4, -0.2) is 40.5 Å². The molecule has 6 heteroatoms. The van der Waals surface area contributed by atoms with Crippen molar-refractivity contribution in [3.05, 3.63) is 84.3 Å². The Morgan fingerprint density at radius 3 is 2.82 bits per heavy atom. The van der Waals surface area contributed by atoms with Gasteiger partial charge in [0.15, 0.2) is 0 Å². The molecule has 0 radical (unpaired) electrons. The van der Waals surface area contributed by atoms with Gasteiger partial charge in [0.1, 0.15) is 11.6 Å². The van der Waals surface area contributed by atoms with Gasteiger partial charge in [0.25, 0.3) is 0 Å². The number of ether oxygens (including phenoxy) is 1. The Morgan fingerprint density at radius 1 is 1.09 bits per heavy atom. The molecule has 2 aromatic carbocycles. The van der Waals surface area contributed by atoms with Gasteiger partial charge >= 0.3 is 6.03 Å². The predicted molar refractivity (Wildman–Crippen MR) is 131 cm³/mol. The summed E-state index contributed by atoms with van der Waals surface area (Å²) in [4.78, 5) is 20.0. The molecule has 1 aliphatic heterocycles. The third kappa shape index (κ3) is 4.29. The van der Waals surface area contributed by atoms with Gasteiger partial charge in [0.2, 0.25) is 0 Å². The first-order chi connectivity index (χ1) is 16.1. The number of amides is 2. The number of methoxy groups -OCH3 is 1. The van der Waals surface area contributed by atoms with Crippen LogP contribution in [0, 0.1) is 6.92 Å². The minimum atomic E-state index is -0.0563. The van der Waals surface area contributed by atoms with E-state index in [9.17, 15) is 4.79 Å². The molecule has 33 heavy (non-hydrogen) atoms. The number of carbonyl (C=O) groups excluding carboxylic acids is 1. The fraction of sp³-hybridized carbons (Fsp3) is 0.259. The molecule has 6 nitrogen and oxygen atoms in total. The number of carbonyl (C=O) groups is 1. The second-order valence-electron chi connectivity index (χ2n) is 8.59. The summed E-state index contributed by atoms with van der Waals surface area (Å²) in [6.07, 6.45) is 4.01.